The van der Waals surface area contributed by atoms with E-state index < -0.39 is 0 Å². The third-order valence-electron chi connectivity index (χ3n) is 0. The third-order valence-corrected chi connectivity index (χ3v) is 0. The first-order chi connectivity index (χ1) is 1.00. The van der Waals surface area contributed by atoms with Crippen LogP contribution < -0.4 is 41.2 Å². The molecule has 0 saturated carbocycles. The Morgan fingerprint density at radius 3 is 1.00 bits per heavy atom. The summed E-state index contributed by atoms with van der Waals surface area (Å²) in [6.45, 7) is 0. The summed E-state index contributed by atoms with van der Waals surface area (Å²) < 4.78 is 0. The Morgan fingerprint density at radius 1 is 1.00 bits per heavy atom. The van der Waals surface area contributed by atoms with Gasteiger partial charge >= 0.3 is 29.6 Å². The summed E-state index contributed by atoms with van der Waals surface area (Å²) >= 11 is 0. The van der Waals surface area contributed by atoms with Crippen LogP contribution in [0, 0.1) is 0 Å². The fourth-order valence-corrected chi connectivity index (χ4v) is 0. The predicted molar refractivity (Wildman–Crippen MR) is 13.9 cm³/mol. The van der Waals surface area contributed by atoms with E-state index in [-0.39, 0.29) is 40.5 Å². The Labute approximate surface area is 52.4 Å². The van der Waals surface area contributed by atoms with E-state index in [4.69, 9.17) is 0 Å². The van der Waals surface area contributed by atoms with Crippen LogP contribution in [0.1, 0.15) is 0 Å². The first-order valence-electron chi connectivity index (χ1n) is 0.333. The van der Waals surface area contributed by atoms with Crippen LogP contribution in [0.5, 0.6) is 0 Å². The number of hydrogen-bond donors (Lipinski definition) is 2. The average Bonchev–Trinajstić information content (AvgIpc) is 1.00. The fraction of sp³-hybridized carbons (Fsp3) is 0. The van der Waals surface area contributed by atoms with Crippen LogP contribution in [0.15, 0.2) is 0 Å². The molecule has 5 heavy (non-hydrogen) atoms. The largest absolute Gasteiger partial charge is 1.00 e. The zero-order valence-electron chi connectivity index (χ0n) is 3.10. The van der Waals surface area contributed by atoms with Crippen molar-refractivity contribution in [2.75, 3.05) is 0 Å². The minimum absolute atomic E-state index is 0. The standard InChI is InChI=1S/H4N2.Na.2H2O/c1-2;;;/h1-2H2;;2*1H2/q;+1;;/p-1. The molecular weight excluding hydrogens is 83.0 g/mol. The molecule has 0 aromatic heterocycles. The first kappa shape index (κ1) is 40.4. The normalized spacial score (nSPS) is 1.20. The van der Waals surface area contributed by atoms with Gasteiger partial charge in [-0.15, -0.1) is 0 Å². The topological polar surface area (TPSA) is 114 Å². The van der Waals surface area contributed by atoms with Crippen molar-refractivity contribution in [3.05, 3.63) is 0 Å². The fourth-order valence-electron chi connectivity index (χ4n) is 0. The second-order valence-electron chi connectivity index (χ2n) is 0. The van der Waals surface area contributed by atoms with Crippen LogP contribution in [-0.2, 0) is 0 Å². The zero-order valence-corrected chi connectivity index (χ0v) is 5.10. The van der Waals surface area contributed by atoms with Crippen LogP contribution in [0.4, 0.5) is 0 Å². The van der Waals surface area contributed by atoms with E-state index in [1.165, 1.54) is 0 Å². The van der Waals surface area contributed by atoms with E-state index in [1.807, 2.05) is 0 Å². The summed E-state index contributed by atoms with van der Waals surface area (Å²) in [6, 6.07) is 0. The van der Waals surface area contributed by atoms with Gasteiger partial charge in [-0.05, 0) is 0 Å². The van der Waals surface area contributed by atoms with Crippen molar-refractivity contribution in [1.29, 1.82) is 0 Å². The van der Waals surface area contributed by atoms with Gasteiger partial charge in [0.2, 0.25) is 0 Å². The second-order valence-corrected chi connectivity index (χ2v) is 0. The van der Waals surface area contributed by atoms with Crippen molar-refractivity contribution in [3.8, 4) is 0 Å². The molecule has 0 saturated heterocycles. The van der Waals surface area contributed by atoms with E-state index in [9.17, 15) is 0 Å². The molecule has 0 atom stereocenters. The van der Waals surface area contributed by atoms with Gasteiger partial charge in [0.1, 0.15) is 0 Å². The summed E-state index contributed by atoms with van der Waals surface area (Å²) in [7, 11) is 0. The Balaban J connectivity index is -0.00000000167. The summed E-state index contributed by atoms with van der Waals surface area (Å²) in [6.07, 6.45) is 0. The average molecular weight is 90.1 g/mol. The van der Waals surface area contributed by atoms with Gasteiger partial charge in [0.25, 0.3) is 0 Å². The van der Waals surface area contributed by atoms with Crippen LogP contribution in [0.2, 0.25) is 0 Å². The molecule has 0 aliphatic heterocycles. The van der Waals surface area contributed by atoms with Crippen LogP contribution >= 0.6 is 0 Å². The maximum atomic E-state index is 4.00. The molecule has 0 aromatic carbocycles. The number of hydrazine groups is 1. The minimum Gasteiger partial charge on any atom is -0.870 e. The molecule has 30 valence electrons. The molecule has 5 heteroatoms. The maximum absolute atomic E-state index is 4.00. The molecule has 0 aliphatic carbocycles. The van der Waals surface area contributed by atoms with E-state index in [0.717, 1.165) is 0 Å². The molecule has 0 heterocycles. The van der Waals surface area contributed by atoms with Crippen molar-refractivity contribution in [2.24, 2.45) is 11.7 Å². The van der Waals surface area contributed by atoms with Gasteiger partial charge in [-0.1, -0.05) is 0 Å². The molecule has 0 unspecified atom stereocenters. The summed E-state index contributed by atoms with van der Waals surface area (Å²) in [5.41, 5.74) is 0. The van der Waals surface area contributed by atoms with Gasteiger partial charge in [-0.3, -0.25) is 11.7 Å². The Bertz CT molecular complexity index is 7.61. The summed E-state index contributed by atoms with van der Waals surface area (Å²) in [5, 5.41) is 0. The van der Waals surface area contributed by atoms with Crippen molar-refractivity contribution in [2.45, 2.75) is 0 Å². The van der Waals surface area contributed by atoms with Crippen molar-refractivity contribution in [3.63, 3.8) is 0 Å². The van der Waals surface area contributed by atoms with Gasteiger partial charge < -0.3 is 11.0 Å². The molecule has 7 N–H and O–H groups in total. The molecule has 0 rings (SSSR count). The second kappa shape index (κ2) is 101. The SMILES string of the molecule is NN.O.[Na+].[OH-]. The van der Waals surface area contributed by atoms with E-state index in [0.29, 0.717) is 0 Å². The molecule has 0 radical (unpaired) electrons. The maximum Gasteiger partial charge on any atom is 1.00 e. The number of nitrogens with two attached hydrogens (primary N) is 2. The summed E-state index contributed by atoms with van der Waals surface area (Å²) in [5.74, 6) is 8.00. The Morgan fingerprint density at radius 2 is 1.00 bits per heavy atom. The van der Waals surface area contributed by atoms with Crippen LogP contribution in [0.25, 0.3) is 0 Å². The molecule has 0 aliphatic rings. The minimum atomic E-state index is 0. The molecule has 0 bridgehead atoms. The molecule has 0 amide bonds. The predicted octanol–water partition coefficient (Wildman–Crippen LogP) is -5.18. The zero-order chi connectivity index (χ0) is 2.00. The molecule has 0 fully saturated rings. The Hall–Kier alpha value is 0.840. The van der Waals surface area contributed by atoms with E-state index >= 15 is 0 Å². The first-order valence-corrected chi connectivity index (χ1v) is 0.333. The molecule has 4 nitrogen and oxygen atoms in total. The number of rotatable bonds is 0. The van der Waals surface area contributed by atoms with Gasteiger partial charge in [0.15, 0.2) is 0 Å². The Kier molecular flexibility index (Phi) is 817. The third kappa shape index (κ3) is 55.3. The quantitative estimate of drug-likeness (QED) is 0.176. The van der Waals surface area contributed by atoms with E-state index in [2.05, 4.69) is 11.7 Å². The van der Waals surface area contributed by atoms with E-state index in [1.54, 1.807) is 0 Å². The van der Waals surface area contributed by atoms with Crippen molar-refractivity contribution >= 4 is 0 Å². The summed E-state index contributed by atoms with van der Waals surface area (Å²) in [4.78, 5) is 0. The van der Waals surface area contributed by atoms with Crippen LogP contribution in [-0.4, -0.2) is 11.0 Å². The number of hydrogen-bond acceptors (Lipinski definition) is 3. The van der Waals surface area contributed by atoms with Crippen molar-refractivity contribution in [1.82, 2.24) is 0 Å². The molecule has 0 aromatic rings. The van der Waals surface area contributed by atoms with Gasteiger partial charge in [0, 0.05) is 0 Å². The monoisotopic (exact) mass is 90.0 g/mol. The molecular formula is H7N2NaO2. The van der Waals surface area contributed by atoms with Crippen molar-refractivity contribution < 1.29 is 40.5 Å². The van der Waals surface area contributed by atoms with Crippen LogP contribution in [0.3, 0.4) is 0 Å². The molecule has 0 spiro atoms. The van der Waals surface area contributed by atoms with Gasteiger partial charge in [-0.25, -0.2) is 0 Å². The van der Waals surface area contributed by atoms with Gasteiger partial charge in [0.05, 0.1) is 0 Å². The van der Waals surface area contributed by atoms with Gasteiger partial charge in [-0.2, -0.15) is 0 Å². The smallest absolute Gasteiger partial charge is 0.870 e.